The Bertz CT molecular complexity index is 869. The number of aromatic amines is 1. The fraction of sp³-hybridized carbons (Fsp3) is 0.294. The lowest BCUT2D eigenvalue weighted by Gasteiger charge is -2.24. The minimum Gasteiger partial charge on any atom is -0.493 e. The molecule has 2 aliphatic heterocycles. The number of nitrogens with one attached hydrogen (secondary N) is 2. The Morgan fingerprint density at radius 1 is 1.25 bits per heavy atom. The van der Waals surface area contributed by atoms with Crippen molar-refractivity contribution in [2.75, 3.05) is 26.1 Å². The Hall–Kier alpha value is -2.96. The number of rotatable bonds is 3. The summed E-state index contributed by atoms with van der Waals surface area (Å²) >= 11 is 0. The number of esters is 1. The van der Waals surface area contributed by atoms with E-state index in [1.165, 1.54) is 0 Å². The van der Waals surface area contributed by atoms with E-state index in [-0.39, 0.29) is 18.5 Å². The average Bonchev–Trinajstić information content (AvgIpc) is 3.16. The topological polar surface area (TPSA) is 85.5 Å². The summed E-state index contributed by atoms with van der Waals surface area (Å²) in [7, 11) is 3.18. The summed E-state index contributed by atoms with van der Waals surface area (Å²) < 4.78 is 15.9. The van der Waals surface area contributed by atoms with Gasteiger partial charge in [-0.2, -0.15) is 5.10 Å². The van der Waals surface area contributed by atoms with Gasteiger partial charge in [-0.3, -0.25) is 5.10 Å². The van der Waals surface area contributed by atoms with Gasteiger partial charge in [-0.25, -0.2) is 4.79 Å². The van der Waals surface area contributed by atoms with Crippen LogP contribution in [0.3, 0.4) is 0 Å². The number of carbonyl (C=O) groups excluding carboxylic acids is 1. The predicted octanol–water partition coefficient (Wildman–Crippen LogP) is 2.10. The average molecular weight is 327 g/mol. The van der Waals surface area contributed by atoms with Crippen molar-refractivity contribution in [3.8, 4) is 11.5 Å². The molecule has 7 heteroatoms. The first-order valence-corrected chi connectivity index (χ1v) is 7.58. The van der Waals surface area contributed by atoms with Gasteiger partial charge in [0.05, 0.1) is 25.5 Å². The van der Waals surface area contributed by atoms with Crippen molar-refractivity contribution in [1.82, 2.24) is 10.2 Å². The molecule has 4 rings (SSSR count). The molecule has 0 bridgehead atoms. The van der Waals surface area contributed by atoms with Gasteiger partial charge in [0.1, 0.15) is 6.61 Å². The van der Waals surface area contributed by atoms with Crippen LogP contribution in [0.4, 0.5) is 5.82 Å². The lowest BCUT2D eigenvalue weighted by atomic mass is 9.82. The number of cyclic esters (lactones) is 1. The largest absolute Gasteiger partial charge is 0.493 e. The van der Waals surface area contributed by atoms with Gasteiger partial charge in [0.15, 0.2) is 17.3 Å². The Kier molecular flexibility index (Phi) is 3.23. The number of methoxy groups -OCH3 is 2. The number of ether oxygens (including phenoxy) is 3. The first-order valence-electron chi connectivity index (χ1n) is 7.58. The molecule has 24 heavy (non-hydrogen) atoms. The lowest BCUT2D eigenvalue weighted by molar-refractivity contribution is -0.136. The fourth-order valence-corrected chi connectivity index (χ4v) is 3.35. The van der Waals surface area contributed by atoms with Gasteiger partial charge in [0, 0.05) is 17.2 Å². The highest BCUT2D eigenvalue weighted by Gasteiger charge is 2.40. The molecule has 2 aliphatic rings. The first kappa shape index (κ1) is 14.6. The molecule has 3 heterocycles. The van der Waals surface area contributed by atoms with Gasteiger partial charge in [0.2, 0.25) is 0 Å². The summed E-state index contributed by atoms with van der Waals surface area (Å²) in [6.07, 6.45) is 0. The number of fused-ring (bicyclic) bond motifs is 1. The van der Waals surface area contributed by atoms with Crippen molar-refractivity contribution in [1.29, 1.82) is 0 Å². The molecule has 0 aliphatic carbocycles. The second kappa shape index (κ2) is 5.30. The van der Waals surface area contributed by atoms with Crippen LogP contribution in [0.2, 0.25) is 0 Å². The molecule has 1 aromatic carbocycles. The van der Waals surface area contributed by atoms with Crippen molar-refractivity contribution in [2.45, 2.75) is 12.8 Å². The fourth-order valence-electron chi connectivity index (χ4n) is 3.35. The van der Waals surface area contributed by atoms with E-state index in [1.807, 2.05) is 25.1 Å². The van der Waals surface area contributed by atoms with Crippen molar-refractivity contribution < 1.29 is 19.0 Å². The van der Waals surface area contributed by atoms with Crippen LogP contribution in [0.5, 0.6) is 11.5 Å². The van der Waals surface area contributed by atoms with E-state index in [0.29, 0.717) is 17.1 Å². The lowest BCUT2D eigenvalue weighted by Crippen LogP contribution is -2.19. The number of nitrogens with zero attached hydrogens (tertiary/aromatic N) is 1. The van der Waals surface area contributed by atoms with Crippen LogP contribution in [-0.2, 0) is 9.53 Å². The smallest absolute Gasteiger partial charge is 0.337 e. The Balaban J connectivity index is 1.91. The van der Waals surface area contributed by atoms with Crippen molar-refractivity contribution in [2.24, 2.45) is 0 Å². The number of benzene rings is 1. The maximum absolute atomic E-state index is 12.3. The molecule has 0 spiro atoms. The van der Waals surface area contributed by atoms with Crippen molar-refractivity contribution >= 4 is 11.8 Å². The summed E-state index contributed by atoms with van der Waals surface area (Å²) in [5, 5.41) is 10.5. The molecule has 2 N–H and O–H groups in total. The predicted molar refractivity (Wildman–Crippen MR) is 86.3 cm³/mol. The number of aromatic nitrogens is 2. The summed E-state index contributed by atoms with van der Waals surface area (Å²) in [4.78, 5) is 12.3. The molecule has 0 unspecified atom stereocenters. The monoisotopic (exact) mass is 327 g/mol. The van der Waals surface area contributed by atoms with Crippen LogP contribution in [0, 0.1) is 6.92 Å². The zero-order valence-corrected chi connectivity index (χ0v) is 13.6. The van der Waals surface area contributed by atoms with E-state index >= 15 is 0 Å². The van der Waals surface area contributed by atoms with Crippen LogP contribution >= 0.6 is 0 Å². The molecule has 1 atom stereocenters. The third kappa shape index (κ3) is 1.97. The second-order valence-corrected chi connectivity index (χ2v) is 5.75. The number of anilines is 1. The number of aryl methyl sites for hydroxylation is 1. The zero-order chi connectivity index (χ0) is 16.8. The highest BCUT2D eigenvalue weighted by Crippen LogP contribution is 2.46. The highest BCUT2D eigenvalue weighted by molar-refractivity contribution is 5.97. The van der Waals surface area contributed by atoms with E-state index in [0.717, 1.165) is 28.3 Å². The van der Waals surface area contributed by atoms with Crippen LogP contribution in [-0.4, -0.2) is 37.0 Å². The second-order valence-electron chi connectivity index (χ2n) is 5.75. The molecule has 2 aromatic rings. The molecule has 1 aromatic heterocycles. The maximum Gasteiger partial charge on any atom is 0.337 e. The van der Waals surface area contributed by atoms with Gasteiger partial charge in [0.25, 0.3) is 0 Å². The number of carbonyl (C=O) groups is 1. The van der Waals surface area contributed by atoms with E-state index < -0.39 is 0 Å². The third-order valence-corrected chi connectivity index (χ3v) is 4.47. The third-order valence-electron chi connectivity index (χ3n) is 4.47. The molecule has 0 saturated heterocycles. The highest BCUT2D eigenvalue weighted by atomic mass is 16.5. The van der Waals surface area contributed by atoms with Gasteiger partial charge in [-0.05, 0) is 24.6 Å². The summed E-state index contributed by atoms with van der Waals surface area (Å²) in [6, 6.07) is 5.66. The molecular formula is C17H17N3O4. The maximum atomic E-state index is 12.3. The Labute approximate surface area is 138 Å². The Morgan fingerprint density at radius 2 is 2.04 bits per heavy atom. The molecule has 0 amide bonds. The van der Waals surface area contributed by atoms with Crippen LogP contribution in [0.1, 0.15) is 22.7 Å². The van der Waals surface area contributed by atoms with Crippen molar-refractivity contribution in [3.05, 3.63) is 46.3 Å². The molecule has 7 nitrogen and oxygen atoms in total. The van der Waals surface area contributed by atoms with Crippen LogP contribution < -0.4 is 14.8 Å². The van der Waals surface area contributed by atoms with Gasteiger partial charge in [-0.1, -0.05) is 6.07 Å². The van der Waals surface area contributed by atoms with E-state index in [9.17, 15) is 4.79 Å². The number of hydrogen-bond donors (Lipinski definition) is 2. The molecule has 0 saturated carbocycles. The zero-order valence-electron chi connectivity index (χ0n) is 13.6. The Morgan fingerprint density at radius 3 is 2.79 bits per heavy atom. The van der Waals surface area contributed by atoms with Crippen molar-refractivity contribution in [3.63, 3.8) is 0 Å². The summed E-state index contributed by atoms with van der Waals surface area (Å²) in [5.74, 6) is 1.42. The molecule has 0 fully saturated rings. The number of H-pyrrole nitrogens is 1. The van der Waals surface area contributed by atoms with Crippen LogP contribution in [0.25, 0.3) is 0 Å². The van der Waals surface area contributed by atoms with Crippen LogP contribution in [0.15, 0.2) is 29.5 Å². The van der Waals surface area contributed by atoms with E-state index in [2.05, 4.69) is 15.5 Å². The van der Waals surface area contributed by atoms with Gasteiger partial charge < -0.3 is 19.5 Å². The standard InChI is InChI=1S/C17H17N3O4/c1-8-13-14(9-4-5-11(22-2)12(6-9)23-3)15-10(7-24-17(15)21)18-16(13)20-19-8/h4-6,14H,7H2,1-3H3,(H2,18,19,20)/t14-/m0/s1. The number of hydrogen-bond acceptors (Lipinski definition) is 6. The molecule has 0 radical (unpaired) electrons. The quantitative estimate of drug-likeness (QED) is 0.840. The van der Waals surface area contributed by atoms with Gasteiger partial charge in [-0.15, -0.1) is 0 Å². The first-order chi connectivity index (χ1) is 11.6. The summed E-state index contributed by atoms with van der Waals surface area (Å²) in [5.41, 5.74) is 4.16. The SMILES string of the molecule is COc1ccc([C@@H]2C3=C(COC3=O)Nc3n[nH]c(C)c32)cc1OC. The molecular weight excluding hydrogens is 310 g/mol. The molecule has 124 valence electrons. The van der Waals surface area contributed by atoms with E-state index in [1.54, 1.807) is 14.2 Å². The minimum absolute atomic E-state index is 0.239. The van der Waals surface area contributed by atoms with Gasteiger partial charge >= 0.3 is 5.97 Å². The normalized spacial score (nSPS) is 18.6. The minimum atomic E-state index is -0.302. The summed E-state index contributed by atoms with van der Waals surface area (Å²) in [6.45, 7) is 2.18. The van der Waals surface area contributed by atoms with E-state index in [4.69, 9.17) is 14.2 Å².